The van der Waals surface area contributed by atoms with Crippen LogP contribution in [0.4, 0.5) is 0 Å². The van der Waals surface area contributed by atoms with Gasteiger partial charge in [0.2, 0.25) is 0 Å². The van der Waals surface area contributed by atoms with Crippen LogP contribution in [0.5, 0.6) is 0 Å². The molecule has 0 saturated heterocycles. The quantitative estimate of drug-likeness (QED) is 0.705. The molecule has 0 heterocycles. The average molecular weight is 306 g/mol. The zero-order valence-electron chi connectivity index (χ0n) is 14.5. The second-order valence-electron chi connectivity index (χ2n) is 7.23. The first-order chi connectivity index (χ1) is 10.4. The average Bonchev–Trinajstić information content (AvgIpc) is 2.45. The zero-order valence-corrected chi connectivity index (χ0v) is 14.5. The first-order valence-corrected chi connectivity index (χ1v) is 8.84. The Morgan fingerprint density at radius 2 is 2.14 bits per heavy atom. The summed E-state index contributed by atoms with van der Waals surface area (Å²) in [5.41, 5.74) is 1.33. The fourth-order valence-electron chi connectivity index (χ4n) is 4.61. The van der Waals surface area contributed by atoms with Gasteiger partial charge in [0, 0.05) is 19.3 Å². The minimum Gasteiger partial charge on any atom is -0.462 e. The lowest BCUT2D eigenvalue weighted by molar-refractivity contribution is -0.148. The summed E-state index contributed by atoms with van der Waals surface area (Å²) in [7, 11) is 0. The van der Waals surface area contributed by atoms with Crippen LogP contribution in [0.1, 0.15) is 72.6 Å². The first-order valence-electron chi connectivity index (χ1n) is 8.84. The number of ether oxygens (including phenoxy) is 1. The Balaban J connectivity index is 2.23. The highest BCUT2D eigenvalue weighted by atomic mass is 16.5. The highest BCUT2D eigenvalue weighted by Gasteiger charge is 2.48. The summed E-state index contributed by atoms with van der Waals surface area (Å²) in [6.45, 7) is 8.18. The number of carbonyl (C=O) groups excluding carboxylic acids is 2. The maximum atomic E-state index is 12.6. The number of esters is 1. The summed E-state index contributed by atoms with van der Waals surface area (Å²) >= 11 is 0. The molecule has 0 amide bonds. The Bertz CT molecular complexity index is 465. The number of allylic oxidation sites excluding steroid dienone is 1. The van der Waals surface area contributed by atoms with Gasteiger partial charge in [-0.25, -0.2) is 0 Å². The van der Waals surface area contributed by atoms with Crippen molar-refractivity contribution < 1.29 is 14.3 Å². The molecule has 1 saturated carbocycles. The summed E-state index contributed by atoms with van der Waals surface area (Å²) in [5, 5.41) is 0. The van der Waals surface area contributed by atoms with Crippen molar-refractivity contribution >= 4 is 11.8 Å². The Morgan fingerprint density at radius 1 is 1.41 bits per heavy atom. The summed E-state index contributed by atoms with van der Waals surface area (Å²) in [5.74, 6) is 0.703. The summed E-state index contributed by atoms with van der Waals surface area (Å²) in [6.07, 6.45) is 8.84. The second kappa shape index (κ2) is 6.97. The van der Waals surface area contributed by atoms with Crippen LogP contribution >= 0.6 is 0 Å². The molecule has 0 aromatic carbocycles. The molecule has 4 atom stereocenters. The van der Waals surface area contributed by atoms with Crippen molar-refractivity contribution in [3.05, 3.63) is 11.6 Å². The van der Waals surface area contributed by atoms with Gasteiger partial charge in [0.05, 0.1) is 0 Å². The smallest absolute Gasteiger partial charge is 0.302 e. The Kier molecular flexibility index (Phi) is 5.46. The van der Waals surface area contributed by atoms with E-state index in [1.165, 1.54) is 12.5 Å². The van der Waals surface area contributed by atoms with Crippen LogP contribution in [0, 0.1) is 17.3 Å². The third-order valence-electron chi connectivity index (χ3n) is 5.79. The van der Waals surface area contributed by atoms with Crippen LogP contribution in [0.25, 0.3) is 0 Å². The van der Waals surface area contributed by atoms with Crippen molar-refractivity contribution in [3.8, 4) is 0 Å². The van der Waals surface area contributed by atoms with Crippen LogP contribution in [-0.4, -0.2) is 17.9 Å². The van der Waals surface area contributed by atoms with Gasteiger partial charge in [-0.15, -0.1) is 0 Å². The van der Waals surface area contributed by atoms with E-state index in [9.17, 15) is 9.59 Å². The third-order valence-corrected chi connectivity index (χ3v) is 5.79. The van der Waals surface area contributed by atoms with Gasteiger partial charge >= 0.3 is 5.97 Å². The number of ketones is 1. The first kappa shape index (κ1) is 17.2. The van der Waals surface area contributed by atoms with Gasteiger partial charge < -0.3 is 4.74 Å². The van der Waals surface area contributed by atoms with Gasteiger partial charge in [0.25, 0.3) is 0 Å². The monoisotopic (exact) mass is 306 g/mol. The predicted octanol–water partition coefficient (Wildman–Crippen LogP) is 4.45. The van der Waals surface area contributed by atoms with E-state index < -0.39 is 0 Å². The van der Waals surface area contributed by atoms with E-state index in [4.69, 9.17) is 4.74 Å². The van der Waals surface area contributed by atoms with Gasteiger partial charge in [-0.2, -0.15) is 0 Å². The Labute approximate surface area is 134 Å². The lowest BCUT2D eigenvalue weighted by Gasteiger charge is -2.50. The third kappa shape index (κ3) is 3.28. The predicted molar refractivity (Wildman–Crippen MR) is 87.4 cm³/mol. The summed E-state index contributed by atoms with van der Waals surface area (Å²) in [6, 6.07) is 0. The van der Waals surface area contributed by atoms with E-state index in [0.29, 0.717) is 11.7 Å². The van der Waals surface area contributed by atoms with Crippen LogP contribution in [0.2, 0.25) is 0 Å². The second-order valence-corrected chi connectivity index (χ2v) is 7.23. The molecule has 0 bridgehead atoms. The fourth-order valence-corrected chi connectivity index (χ4v) is 4.61. The molecule has 124 valence electrons. The lowest BCUT2D eigenvalue weighted by Crippen LogP contribution is -2.45. The molecule has 0 N–H and O–H groups in total. The van der Waals surface area contributed by atoms with Gasteiger partial charge in [0.15, 0.2) is 5.78 Å². The molecule has 0 aromatic rings. The molecular weight excluding hydrogens is 276 g/mol. The van der Waals surface area contributed by atoms with Crippen molar-refractivity contribution in [1.82, 2.24) is 0 Å². The number of rotatable bonds is 5. The molecule has 1 fully saturated rings. The Morgan fingerprint density at radius 3 is 2.73 bits per heavy atom. The van der Waals surface area contributed by atoms with Crippen molar-refractivity contribution in [2.24, 2.45) is 17.3 Å². The minimum absolute atomic E-state index is 0.0469. The number of fused-ring (bicyclic) bond motifs is 1. The fraction of sp³-hybridized carbons (Fsp3) is 0.789. The standard InChI is InChI=1S/C19H30O3/c1-5-7-8-16-17(6-2)19(4)10-9-15(22-13(3)20)11-14(19)12-18(16)21/h12,15-17H,5-11H2,1-4H3/t15-,16?,17?,19-/m0/s1. The van der Waals surface area contributed by atoms with Crippen LogP contribution in [-0.2, 0) is 14.3 Å². The van der Waals surface area contributed by atoms with Crippen molar-refractivity contribution in [3.63, 3.8) is 0 Å². The van der Waals surface area contributed by atoms with Crippen LogP contribution in [0.15, 0.2) is 11.6 Å². The highest BCUT2D eigenvalue weighted by molar-refractivity contribution is 5.94. The SMILES string of the molecule is CCCCC1C(=O)C=C2C[C@@H](OC(C)=O)CC[C@]2(C)C1CC. The van der Waals surface area contributed by atoms with Gasteiger partial charge in [-0.05, 0) is 36.7 Å². The van der Waals surface area contributed by atoms with Crippen molar-refractivity contribution in [2.75, 3.05) is 0 Å². The normalized spacial score (nSPS) is 34.8. The van der Waals surface area contributed by atoms with Crippen molar-refractivity contribution in [2.45, 2.75) is 78.7 Å². The van der Waals surface area contributed by atoms with Crippen LogP contribution < -0.4 is 0 Å². The molecule has 2 unspecified atom stereocenters. The van der Waals surface area contributed by atoms with Gasteiger partial charge in [-0.1, -0.05) is 45.6 Å². The number of carbonyl (C=O) groups is 2. The topological polar surface area (TPSA) is 43.4 Å². The zero-order chi connectivity index (χ0) is 16.3. The van der Waals surface area contributed by atoms with Crippen LogP contribution in [0.3, 0.4) is 0 Å². The van der Waals surface area contributed by atoms with E-state index in [1.54, 1.807) is 0 Å². The van der Waals surface area contributed by atoms with E-state index in [2.05, 4.69) is 20.8 Å². The largest absolute Gasteiger partial charge is 0.462 e. The minimum atomic E-state index is -0.218. The molecule has 0 aromatic heterocycles. The number of unbranched alkanes of at least 4 members (excludes halogenated alkanes) is 1. The summed E-state index contributed by atoms with van der Waals surface area (Å²) in [4.78, 5) is 23.8. The van der Waals surface area contributed by atoms with E-state index in [0.717, 1.165) is 44.9 Å². The molecule has 0 aliphatic heterocycles. The molecule has 3 nitrogen and oxygen atoms in total. The lowest BCUT2D eigenvalue weighted by atomic mass is 9.55. The number of hydrogen-bond acceptors (Lipinski definition) is 3. The molecular formula is C19H30O3. The molecule has 22 heavy (non-hydrogen) atoms. The summed E-state index contributed by atoms with van der Waals surface area (Å²) < 4.78 is 5.39. The molecule has 0 radical (unpaired) electrons. The number of hydrogen-bond donors (Lipinski definition) is 0. The Hall–Kier alpha value is -1.12. The van der Waals surface area contributed by atoms with Crippen molar-refractivity contribution in [1.29, 1.82) is 0 Å². The molecule has 2 rings (SSSR count). The van der Waals surface area contributed by atoms with E-state index in [-0.39, 0.29) is 23.4 Å². The van der Waals surface area contributed by atoms with E-state index >= 15 is 0 Å². The van der Waals surface area contributed by atoms with Gasteiger partial charge in [0.1, 0.15) is 6.10 Å². The maximum absolute atomic E-state index is 12.6. The maximum Gasteiger partial charge on any atom is 0.302 e. The molecule has 0 spiro atoms. The molecule has 3 heteroatoms. The molecule has 2 aliphatic carbocycles. The van der Waals surface area contributed by atoms with E-state index in [1.807, 2.05) is 6.08 Å². The molecule has 2 aliphatic rings. The van der Waals surface area contributed by atoms with Gasteiger partial charge in [-0.3, -0.25) is 9.59 Å². The highest BCUT2D eigenvalue weighted by Crippen LogP contribution is 2.54.